The number of quaternary nitrogens is 1. The number of ether oxygens (including phenoxy) is 1. The van der Waals surface area contributed by atoms with Crippen LogP contribution in [-0.4, -0.2) is 74.3 Å². The molecule has 0 fully saturated rings. The van der Waals surface area contributed by atoms with E-state index >= 15 is 0 Å². The van der Waals surface area contributed by atoms with Gasteiger partial charge in [0.1, 0.15) is 19.3 Å². The first-order chi connectivity index (χ1) is 35.4. The number of carbonyl (C=O) groups excluding carboxylic acids is 2. The van der Waals surface area contributed by atoms with E-state index in [0.29, 0.717) is 23.9 Å². The molecule has 0 saturated carbocycles. The highest BCUT2D eigenvalue weighted by atomic mass is 31.2. The molecular formula is C63H114N2O7P+. The van der Waals surface area contributed by atoms with E-state index in [9.17, 15) is 19.0 Å². The van der Waals surface area contributed by atoms with Gasteiger partial charge in [-0.2, -0.15) is 0 Å². The van der Waals surface area contributed by atoms with Crippen LogP contribution < -0.4 is 5.32 Å². The molecule has 0 saturated heterocycles. The van der Waals surface area contributed by atoms with E-state index in [4.69, 9.17) is 13.8 Å². The van der Waals surface area contributed by atoms with Gasteiger partial charge in [-0.3, -0.25) is 18.6 Å². The van der Waals surface area contributed by atoms with Gasteiger partial charge in [0.05, 0.1) is 33.8 Å². The zero-order valence-electron chi connectivity index (χ0n) is 48.1. The number of nitrogens with zero attached hydrogens (tertiary/aromatic N) is 1. The van der Waals surface area contributed by atoms with Gasteiger partial charge in [0.25, 0.3) is 0 Å². The number of unbranched alkanes of at least 4 members (excludes halogenated alkanes) is 26. The smallest absolute Gasteiger partial charge is 0.456 e. The Morgan fingerprint density at radius 1 is 0.493 bits per heavy atom. The molecule has 0 heterocycles. The number of amides is 1. The van der Waals surface area contributed by atoms with E-state index < -0.39 is 20.0 Å². The Bertz CT molecular complexity index is 1530. The molecule has 0 aliphatic heterocycles. The molecule has 0 spiro atoms. The second-order valence-corrected chi connectivity index (χ2v) is 22.6. The molecule has 73 heavy (non-hydrogen) atoms. The predicted octanol–water partition coefficient (Wildman–Crippen LogP) is 18.2. The van der Waals surface area contributed by atoms with Crippen molar-refractivity contribution in [3.05, 3.63) is 85.1 Å². The largest absolute Gasteiger partial charge is 0.472 e. The summed E-state index contributed by atoms with van der Waals surface area (Å²) in [7, 11) is 1.45. The lowest BCUT2D eigenvalue weighted by Crippen LogP contribution is -2.47. The van der Waals surface area contributed by atoms with E-state index in [0.717, 1.165) is 83.5 Å². The molecule has 9 nitrogen and oxygen atoms in total. The molecule has 3 unspecified atom stereocenters. The van der Waals surface area contributed by atoms with Crippen molar-refractivity contribution in [2.24, 2.45) is 0 Å². The number of hydrogen-bond donors (Lipinski definition) is 2. The molecule has 0 aromatic carbocycles. The highest BCUT2D eigenvalue weighted by Crippen LogP contribution is 2.43. The molecule has 422 valence electrons. The number of nitrogens with one attached hydrogen (secondary N) is 1. The van der Waals surface area contributed by atoms with E-state index in [1.165, 1.54) is 122 Å². The Balaban J connectivity index is 5.42. The van der Waals surface area contributed by atoms with Crippen LogP contribution in [0.15, 0.2) is 85.1 Å². The van der Waals surface area contributed by atoms with Gasteiger partial charge < -0.3 is 19.4 Å². The summed E-state index contributed by atoms with van der Waals surface area (Å²) < 4.78 is 30.6. The average Bonchev–Trinajstić information content (AvgIpc) is 3.35. The lowest BCUT2D eigenvalue weighted by atomic mass is 10.1. The lowest BCUT2D eigenvalue weighted by molar-refractivity contribution is -0.870. The standard InChI is InChI=1S/C63H113N2O7P/c1-7-10-13-16-19-22-25-28-30-32-33-34-36-38-41-44-47-50-53-56-63(67)72-61(54-51-48-45-42-39-27-24-21-18-15-12-9-3)60(59-71-73(68,69)70-58-57-65(4,5)6)64-62(66)55-52-49-46-43-40-37-35-31-29-26-23-20-17-14-11-8-2/h19,22,28,30-31,33-35,37-38,40-41,51,54,60-61H,7-18,20-21,23-27,29,32,36,39,42-50,52-53,55-59H2,1-6H3,(H-,64,66,68,69)/p+1/b22-19-,30-28-,34-33-,35-31+,40-37+,41-38-,54-51+. The fourth-order valence-electron chi connectivity index (χ4n) is 8.15. The van der Waals surface area contributed by atoms with E-state index in [1.54, 1.807) is 0 Å². The molecule has 2 N–H and O–H groups in total. The SMILES string of the molecule is CCCCC/C=C\C/C=C\C/C=C\C/C=C\CCCCCC(=O)OC(/C=C/CCCCCCCCCCCC)C(COP(=O)(O)OCC[N+](C)(C)C)NC(=O)CCCCC/C=C/C=C/CCCCCCCCC. The number of hydrogen-bond acceptors (Lipinski definition) is 6. The topological polar surface area (TPSA) is 111 Å². The molecule has 0 bridgehead atoms. The molecule has 0 rings (SSSR count). The first-order valence-electron chi connectivity index (χ1n) is 29.9. The minimum atomic E-state index is -4.46. The Labute approximate surface area is 450 Å². The summed E-state index contributed by atoms with van der Waals surface area (Å²) in [5.41, 5.74) is 0. The normalized spacial score (nSPS) is 14.3. The van der Waals surface area contributed by atoms with E-state index in [-0.39, 0.29) is 37.9 Å². The number of phosphoric ester groups is 1. The Morgan fingerprint density at radius 2 is 0.877 bits per heavy atom. The molecule has 1 amide bonds. The van der Waals surface area contributed by atoms with Crippen molar-refractivity contribution < 1.29 is 37.3 Å². The van der Waals surface area contributed by atoms with E-state index in [1.807, 2.05) is 33.3 Å². The first kappa shape index (κ1) is 70.2. The zero-order chi connectivity index (χ0) is 53.6. The molecule has 10 heteroatoms. The quantitative estimate of drug-likeness (QED) is 0.0156. The third-order valence-corrected chi connectivity index (χ3v) is 13.8. The summed E-state index contributed by atoms with van der Waals surface area (Å²) in [5, 5.41) is 3.03. The summed E-state index contributed by atoms with van der Waals surface area (Å²) >= 11 is 0. The van der Waals surface area contributed by atoms with Gasteiger partial charge in [-0.15, -0.1) is 0 Å². The predicted molar refractivity (Wildman–Crippen MR) is 314 cm³/mol. The van der Waals surface area contributed by atoms with Gasteiger partial charge in [-0.25, -0.2) is 4.57 Å². The van der Waals surface area contributed by atoms with Crippen molar-refractivity contribution in [1.82, 2.24) is 5.32 Å². The van der Waals surface area contributed by atoms with E-state index in [2.05, 4.69) is 99.0 Å². The van der Waals surface area contributed by atoms with Crippen molar-refractivity contribution in [3.63, 3.8) is 0 Å². The van der Waals surface area contributed by atoms with Crippen LogP contribution in [0.5, 0.6) is 0 Å². The lowest BCUT2D eigenvalue weighted by Gasteiger charge is -2.27. The fraction of sp³-hybridized carbons (Fsp3) is 0.746. The molecule has 0 aliphatic rings. The van der Waals surface area contributed by atoms with Crippen molar-refractivity contribution in [1.29, 1.82) is 0 Å². The zero-order valence-corrected chi connectivity index (χ0v) is 49.0. The summed E-state index contributed by atoms with van der Waals surface area (Å²) in [4.78, 5) is 37.6. The minimum absolute atomic E-state index is 0.0264. The van der Waals surface area contributed by atoms with Crippen LogP contribution in [0.3, 0.4) is 0 Å². The maximum absolute atomic E-state index is 13.5. The molecule has 0 aromatic heterocycles. The maximum Gasteiger partial charge on any atom is 0.472 e. The van der Waals surface area contributed by atoms with Crippen LogP contribution in [0.2, 0.25) is 0 Å². The van der Waals surface area contributed by atoms with Crippen LogP contribution in [0.4, 0.5) is 0 Å². The number of esters is 1. The highest BCUT2D eigenvalue weighted by Gasteiger charge is 2.30. The Kier molecular flexibility index (Phi) is 50.6. The van der Waals surface area contributed by atoms with Gasteiger partial charge in [0, 0.05) is 12.8 Å². The number of allylic oxidation sites excluding steroid dienone is 13. The van der Waals surface area contributed by atoms with Crippen molar-refractivity contribution in [3.8, 4) is 0 Å². The maximum atomic E-state index is 13.5. The second kappa shape index (κ2) is 52.6. The van der Waals surface area contributed by atoms with Gasteiger partial charge in [0.2, 0.25) is 5.91 Å². The third-order valence-electron chi connectivity index (χ3n) is 12.8. The first-order valence-corrected chi connectivity index (χ1v) is 31.4. The molecule has 3 atom stereocenters. The average molecular weight is 1040 g/mol. The van der Waals surface area contributed by atoms with Crippen LogP contribution in [-0.2, 0) is 27.9 Å². The summed E-state index contributed by atoms with van der Waals surface area (Å²) in [6.07, 6.45) is 68.6. The second-order valence-electron chi connectivity index (χ2n) is 21.2. The summed E-state index contributed by atoms with van der Waals surface area (Å²) in [5.74, 6) is -0.574. The van der Waals surface area contributed by atoms with Crippen molar-refractivity contribution in [2.75, 3.05) is 40.9 Å². The molecule has 0 aliphatic carbocycles. The van der Waals surface area contributed by atoms with Gasteiger partial charge in [0.15, 0.2) is 0 Å². The number of rotatable bonds is 53. The Hall–Kier alpha value is -2.81. The Morgan fingerprint density at radius 3 is 1.36 bits per heavy atom. The van der Waals surface area contributed by atoms with Crippen LogP contribution in [0.25, 0.3) is 0 Å². The monoisotopic (exact) mass is 1040 g/mol. The van der Waals surface area contributed by atoms with Gasteiger partial charge in [-0.05, 0) is 102 Å². The summed E-state index contributed by atoms with van der Waals surface area (Å²) in [6.45, 7) is 6.93. The molecule has 0 aromatic rings. The minimum Gasteiger partial charge on any atom is -0.456 e. The number of carbonyl (C=O) groups is 2. The highest BCUT2D eigenvalue weighted by molar-refractivity contribution is 7.47. The molecule has 0 radical (unpaired) electrons. The molecular weight excluding hydrogens is 928 g/mol. The third kappa shape index (κ3) is 53.8. The van der Waals surface area contributed by atoms with Crippen molar-refractivity contribution >= 4 is 19.7 Å². The van der Waals surface area contributed by atoms with Gasteiger partial charge >= 0.3 is 13.8 Å². The fourth-order valence-corrected chi connectivity index (χ4v) is 8.88. The van der Waals surface area contributed by atoms with Crippen LogP contribution >= 0.6 is 7.82 Å². The summed E-state index contributed by atoms with van der Waals surface area (Å²) in [6, 6.07) is -0.879. The van der Waals surface area contributed by atoms with Crippen LogP contribution in [0, 0.1) is 0 Å². The number of likely N-dealkylation sites (N-methyl/N-ethyl adjacent to an activating group) is 1. The van der Waals surface area contributed by atoms with Crippen molar-refractivity contribution in [2.45, 2.75) is 264 Å². The van der Waals surface area contributed by atoms with Crippen LogP contribution in [0.1, 0.15) is 252 Å². The number of phosphoric acid groups is 1. The van der Waals surface area contributed by atoms with Gasteiger partial charge in [-0.1, -0.05) is 222 Å².